The van der Waals surface area contributed by atoms with Crippen LogP contribution < -0.4 is 5.56 Å². The standard InChI is InChI=1S/C9H14N2OS/c1-3-7-5-9(12)11-8(10-7)6-13-4-2/h5H,3-4,6H2,1-2H3,(H,10,11,12). The quantitative estimate of drug-likeness (QED) is 0.799. The molecule has 0 unspecified atom stereocenters. The highest BCUT2D eigenvalue weighted by Gasteiger charge is 1.98. The van der Waals surface area contributed by atoms with Crippen molar-refractivity contribution in [3.05, 3.63) is 27.9 Å². The van der Waals surface area contributed by atoms with Crippen LogP contribution in [-0.4, -0.2) is 15.7 Å². The van der Waals surface area contributed by atoms with Gasteiger partial charge in [-0.15, -0.1) is 0 Å². The van der Waals surface area contributed by atoms with E-state index in [1.807, 2.05) is 6.92 Å². The van der Waals surface area contributed by atoms with Gasteiger partial charge in [0.2, 0.25) is 0 Å². The number of aromatic amines is 1. The maximum absolute atomic E-state index is 11.1. The number of hydrogen-bond acceptors (Lipinski definition) is 3. The zero-order valence-corrected chi connectivity index (χ0v) is 8.78. The Labute approximate surface area is 82.0 Å². The third-order valence-corrected chi connectivity index (χ3v) is 2.53. The van der Waals surface area contributed by atoms with Crippen LogP contribution in [0.2, 0.25) is 0 Å². The van der Waals surface area contributed by atoms with Gasteiger partial charge in [-0.1, -0.05) is 13.8 Å². The highest BCUT2D eigenvalue weighted by atomic mass is 32.2. The first-order valence-corrected chi connectivity index (χ1v) is 5.58. The van der Waals surface area contributed by atoms with Crippen LogP contribution in [0.5, 0.6) is 0 Å². The second-order valence-electron chi connectivity index (χ2n) is 2.67. The van der Waals surface area contributed by atoms with E-state index in [9.17, 15) is 4.79 Å². The van der Waals surface area contributed by atoms with E-state index in [0.717, 1.165) is 29.4 Å². The van der Waals surface area contributed by atoms with Crippen molar-refractivity contribution in [3.63, 3.8) is 0 Å². The number of nitrogens with zero attached hydrogens (tertiary/aromatic N) is 1. The first kappa shape index (κ1) is 10.3. The fraction of sp³-hybridized carbons (Fsp3) is 0.556. The Morgan fingerprint density at radius 2 is 2.31 bits per heavy atom. The lowest BCUT2D eigenvalue weighted by Crippen LogP contribution is -2.11. The maximum Gasteiger partial charge on any atom is 0.251 e. The second kappa shape index (κ2) is 5.07. The number of rotatable bonds is 4. The van der Waals surface area contributed by atoms with Gasteiger partial charge in [0.05, 0.1) is 5.75 Å². The maximum atomic E-state index is 11.1. The van der Waals surface area contributed by atoms with Crippen molar-refractivity contribution in [3.8, 4) is 0 Å². The first-order chi connectivity index (χ1) is 6.26. The van der Waals surface area contributed by atoms with Crippen molar-refractivity contribution in [2.75, 3.05) is 5.75 Å². The molecule has 0 amide bonds. The topological polar surface area (TPSA) is 45.8 Å². The molecule has 0 atom stereocenters. The van der Waals surface area contributed by atoms with Gasteiger partial charge in [0.25, 0.3) is 5.56 Å². The van der Waals surface area contributed by atoms with Crippen LogP contribution in [0.4, 0.5) is 0 Å². The van der Waals surface area contributed by atoms with Crippen LogP contribution in [-0.2, 0) is 12.2 Å². The molecule has 0 fully saturated rings. The monoisotopic (exact) mass is 198 g/mol. The van der Waals surface area contributed by atoms with Gasteiger partial charge >= 0.3 is 0 Å². The molecule has 0 saturated heterocycles. The number of nitrogens with one attached hydrogen (secondary N) is 1. The molecule has 0 aromatic carbocycles. The summed E-state index contributed by atoms with van der Waals surface area (Å²) in [5, 5.41) is 0. The Morgan fingerprint density at radius 3 is 2.92 bits per heavy atom. The third-order valence-electron chi connectivity index (χ3n) is 1.65. The number of aryl methyl sites for hydroxylation is 1. The van der Waals surface area contributed by atoms with Crippen LogP contribution >= 0.6 is 11.8 Å². The normalized spacial score (nSPS) is 10.3. The zero-order chi connectivity index (χ0) is 9.68. The molecule has 1 heterocycles. The average Bonchev–Trinajstić information content (AvgIpc) is 2.14. The molecule has 3 nitrogen and oxygen atoms in total. The van der Waals surface area contributed by atoms with Crippen LogP contribution in [0.15, 0.2) is 10.9 Å². The summed E-state index contributed by atoms with van der Waals surface area (Å²) in [4.78, 5) is 18.2. The van der Waals surface area contributed by atoms with Gasteiger partial charge in [0.15, 0.2) is 0 Å². The fourth-order valence-electron chi connectivity index (χ4n) is 1.01. The van der Waals surface area contributed by atoms with Crippen molar-refractivity contribution in [2.24, 2.45) is 0 Å². The SMILES string of the molecule is CCSCc1nc(CC)cc(=O)[nH]1. The van der Waals surface area contributed by atoms with E-state index in [1.54, 1.807) is 17.8 Å². The van der Waals surface area contributed by atoms with Gasteiger partial charge < -0.3 is 4.98 Å². The molecular weight excluding hydrogens is 184 g/mol. The molecule has 1 N–H and O–H groups in total. The summed E-state index contributed by atoms with van der Waals surface area (Å²) in [5.41, 5.74) is 0.828. The molecule has 1 aromatic rings. The Hall–Kier alpha value is -0.770. The van der Waals surface area contributed by atoms with Gasteiger partial charge in [0, 0.05) is 11.8 Å². The van der Waals surface area contributed by atoms with Gasteiger partial charge in [-0.05, 0) is 12.2 Å². The minimum Gasteiger partial charge on any atom is -0.310 e. The molecule has 72 valence electrons. The van der Waals surface area contributed by atoms with E-state index in [-0.39, 0.29) is 5.56 Å². The van der Waals surface area contributed by atoms with Gasteiger partial charge in [-0.2, -0.15) is 11.8 Å². The van der Waals surface area contributed by atoms with Crippen molar-refractivity contribution in [1.82, 2.24) is 9.97 Å². The molecule has 4 heteroatoms. The van der Waals surface area contributed by atoms with Crippen molar-refractivity contribution < 1.29 is 0 Å². The van der Waals surface area contributed by atoms with Crippen LogP contribution in [0, 0.1) is 0 Å². The predicted molar refractivity (Wildman–Crippen MR) is 56.1 cm³/mol. The van der Waals surface area contributed by atoms with E-state index in [2.05, 4.69) is 16.9 Å². The van der Waals surface area contributed by atoms with Crippen LogP contribution in [0.3, 0.4) is 0 Å². The van der Waals surface area contributed by atoms with E-state index in [0.29, 0.717) is 0 Å². The molecule has 0 saturated carbocycles. The fourth-order valence-corrected chi connectivity index (χ4v) is 1.55. The molecule has 0 aliphatic heterocycles. The van der Waals surface area contributed by atoms with Crippen molar-refractivity contribution in [2.45, 2.75) is 26.0 Å². The summed E-state index contributed by atoms with van der Waals surface area (Å²) in [6.45, 7) is 4.09. The lowest BCUT2D eigenvalue weighted by atomic mass is 10.3. The van der Waals surface area contributed by atoms with E-state index >= 15 is 0 Å². The summed E-state index contributed by atoms with van der Waals surface area (Å²) >= 11 is 1.76. The molecule has 0 aliphatic rings. The molecule has 1 rings (SSSR count). The zero-order valence-electron chi connectivity index (χ0n) is 7.96. The van der Waals surface area contributed by atoms with E-state index in [4.69, 9.17) is 0 Å². The lowest BCUT2D eigenvalue weighted by molar-refractivity contribution is 0.920. The Bertz CT molecular complexity index is 322. The third kappa shape index (κ3) is 3.22. The summed E-state index contributed by atoms with van der Waals surface area (Å²) < 4.78 is 0. The summed E-state index contributed by atoms with van der Waals surface area (Å²) in [6, 6.07) is 1.56. The largest absolute Gasteiger partial charge is 0.310 e. The summed E-state index contributed by atoms with van der Waals surface area (Å²) in [6.07, 6.45) is 0.813. The molecule has 13 heavy (non-hydrogen) atoms. The average molecular weight is 198 g/mol. The number of thioether (sulfide) groups is 1. The smallest absolute Gasteiger partial charge is 0.251 e. The highest BCUT2D eigenvalue weighted by molar-refractivity contribution is 7.98. The first-order valence-electron chi connectivity index (χ1n) is 4.43. The van der Waals surface area contributed by atoms with Crippen molar-refractivity contribution >= 4 is 11.8 Å². The molecule has 1 aromatic heterocycles. The van der Waals surface area contributed by atoms with Gasteiger partial charge in [0.1, 0.15) is 5.82 Å². The Kier molecular flexibility index (Phi) is 4.02. The highest BCUT2D eigenvalue weighted by Crippen LogP contribution is 2.06. The lowest BCUT2D eigenvalue weighted by Gasteiger charge is -2.00. The molecular formula is C9H14N2OS. The number of H-pyrrole nitrogens is 1. The van der Waals surface area contributed by atoms with Gasteiger partial charge in [-0.3, -0.25) is 4.79 Å². The van der Waals surface area contributed by atoms with E-state index < -0.39 is 0 Å². The number of hydrogen-bond donors (Lipinski definition) is 1. The molecule has 0 radical (unpaired) electrons. The van der Waals surface area contributed by atoms with E-state index in [1.165, 1.54) is 0 Å². The predicted octanol–water partition coefficient (Wildman–Crippen LogP) is 1.59. The van der Waals surface area contributed by atoms with Crippen LogP contribution in [0.25, 0.3) is 0 Å². The number of aromatic nitrogens is 2. The minimum atomic E-state index is -0.0430. The van der Waals surface area contributed by atoms with Crippen LogP contribution in [0.1, 0.15) is 25.4 Å². The molecule has 0 bridgehead atoms. The molecule has 0 spiro atoms. The minimum absolute atomic E-state index is 0.0430. The second-order valence-corrected chi connectivity index (χ2v) is 3.95. The van der Waals surface area contributed by atoms with Gasteiger partial charge in [-0.25, -0.2) is 4.98 Å². The Balaban J connectivity index is 2.82. The Morgan fingerprint density at radius 1 is 1.54 bits per heavy atom. The summed E-state index contributed by atoms with van der Waals surface area (Å²) in [5.74, 6) is 2.62. The molecule has 0 aliphatic carbocycles. The summed E-state index contributed by atoms with van der Waals surface area (Å²) in [7, 11) is 0. The van der Waals surface area contributed by atoms with Crippen molar-refractivity contribution in [1.29, 1.82) is 0 Å².